The second-order valence-electron chi connectivity index (χ2n) is 16.0. The zero-order valence-electron chi connectivity index (χ0n) is 31.2. The predicted octanol–water partition coefficient (Wildman–Crippen LogP) is 15.5. The van der Waals surface area contributed by atoms with Gasteiger partial charge in [-0.3, -0.25) is 0 Å². The Morgan fingerprint density at radius 1 is 0.321 bits per heavy atom. The van der Waals surface area contributed by atoms with E-state index in [0.717, 1.165) is 16.6 Å². The lowest BCUT2D eigenvalue weighted by Gasteiger charge is -2.21. The Kier molecular flexibility index (Phi) is 6.46. The minimum absolute atomic E-state index is 0.118. The van der Waals surface area contributed by atoms with Crippen molar-refractivity contribution in [2.24, 2.45) is 0 Å². The van der Waals surface area contributed by atoms with Crippen molar-refractivity contribution in [3.63, 3.8) is 0 Å². The first-order valence-electron chi connectivity index (χ1n) is 19.6. The van der Waals surface area contributed by atoms with Crippen LogP contribution in [-0.2, 0) is 5.41 Å². The molecule has 0 fully saturated rings. The van der Waals surface area contributed by atoms with Gasteiger partial charge < -0.3 is 4.42 Å². The predicted molar refractivity (Wildman–Crippen MR) is 238 cm³/mol. The fourth-order valence-electron chi connectivity index (χ4n) is 9.93. The molecule has 12 rings (SSSR count). The van der Waals surface area contributed by atoms with Gasteiger partial charge in [0, 0.05) is 16.2 Å². The molecule has 0 N–H and O–H groups in total. The Morgan fingerprint density at radius 3 is 1.64 bits per heavy atom. The molecule has 10 aromatic carbocycles. The first kappa shape index (κ1) is 31.4. The fraction of sp³-hybridized carbons (Fsp3) is 0.0545. The minimum atomic E-state index is -0.118. The van der Waals surface area contributed by atoms with Crippen molar-refractivity contribution in [3.05, 3.63) is 193 Å². The van der Waals surface area contributed by atoms with Gasteiger partial charge in [-0.1, -0.05) is 159 Å². The largest absolute Gasteiger partial charge is 0.456 e. The molecular formula is C55H36O. The van der Waals surface area contributed by atoms with Crippen molar-refractivity contribution in [2.75, 3.05) is 0 Å². The summed E-state index contributed by atoms with van der Waals surface area (Å²) in [5, 5.41) is 12.4. The van der Waals surface area contributed by atoms with Gasteiger partial charge >= 0.3 is 0 Å². The highest BCUT2D eigenvalue weighted by atomic mass is 16.3. The van der Waals surface area contributed by atoms with Crippen LogP contribution in [0.4, 0.5) is 0 Å². The van der Waals surface area contributed by atoms with Crippen molar-refractivity contribution in [2.45, 2.75) is 19.3 Å². The lowest BCUT2D eigenvalue weighted by Crippen LogP contribution is -2.14. The molecule has 56 heavy (non-hydrogen) atoms. The zero-order chi connectivity index (χ0) is 37.1. The average molecular weight is 713 g/mol. The molecule has 0 saturated carbocycles. The van der Waals surface area contributed by atoms with Crippen LogP contribution in [0.2, 0.25) is 0 Å². The van der Waals surface area contributed by atoms with Crippen molar-refractivity contribution >= 4 is 65.0 Å². The summed E-state index contributed by atoms with van der Waals surface area (Å²) >= 11 is 0. The van der Waals surface area contributed by atoms with Crippen LogP contribution in [0.5, 0.6) is 0 Å². The van der Waals surface area contributed by atoms with Gasteiger partial charge in [-0.15, -0.1) is 0 Å². The van der Waals surface area contributed by atoms with Gasteiger partial charge in [-0.05, 0) is 135 Å². The van der Waals surface area contributed by atoms with E-state index in [9.17, 15) is 0 Å². The van der Waals surface area contributed by atoms with E-state index in [2.05, 4.69) is 190 Å². The molecule has 0 radical (unpaired) electrons. The molecule has 1 aliphatic carbocycles. The standard InChI is InChI=1S/C55H36O/c1-55(2)48-26-24-36(30-47(48)54-45-32-51-46(31-37(45)25-27-49(54)55)40-16-9-10-21-50(40)56-51)35-14-11-15-38(29-35)52-41-17-5-7-19-43(41)53(44-20-8-6-18-42(44)52)39-23-22-33-12-3-4-13-34(33)28-39/h3-32H,1-2H3. The first-order chi connectivity index (χ1) is 27.5. The van der Waals surface area contributed by atoms with Crippen LogP contribution >= 0.6 is 0 Å². The van der Waals surface area contributed by atoms with Crippen LogP contribution in [-0.4, -0.2) is 0 Å². The van der Waals surface area contributed by atoms with E-state index >= 15 is 0 Å². The van der Waals surface area contributed by atoms with Crippen LogP contribution in [0, 0.1) is 0 Å². The molecule has 0 spiro atoms. The van der Waals surface area contributed by atoms with Gasteiger partial charge in [-0.25, -0.2) is 0 Å². The minimum Gasteiger partial charge on any atom is -0.456 e. The van der Waals surface area contributed by atoms with E-state index in [1.54, 1.807) is 0 Å². The molecule has 0 saturated heterocycles. The van der Waals surface area contributed by atoms with E-state index in [1.165, 1.54) is 104 Å². The average Bonchev–Trinajstić information content (AvgIpc) is 3.72. The normalized spacial score (nSPS) is 13.3. The van der Waals surface area contributed by atoms with E-state index in [0.29, 0.717) is 0 Å². The van der Waals surface area contributed by atoms with Gasteiger partial charge in [0.1, 0.15) is 11.2 Å². The first-order valence-corrected chi connectivity index (χ1v) is 19.6. The van der Waals surface area contributed by atoms with Crippen molar-refractivity contribution in [1.82, 2.24) is 0 Å². The van der Waals surface area contributed by atoms with Gasteiger partial charge in [-0.2, -0.15) is 0 Å². The summed E-state index contributed by atoms with van der Waals surface area (Å²) in [7, 11) is 0. The van der Waals surface area contributed by atoms with Gasteiger partial charge in [0.2, 0.25) is 0 Å². The smallest absolute Gasteiger partial charge is 0.136 e. The van der Waals surface area contributed by atoms with Crippen molar-refractivity contribution < 1.29 is 4.42 Å². The maximum atomic E-state index is 6.42. The molecule has 262 valence electrons. The third kappa shape index (κ3) is 4.43. The topological polar surface area (TPSA) is 13.1 Å². The summed E-state index contributed by atoms with van der Waals surface area (Å²) in [6, 6.07) is 67.3. The Bertz CT molecular complexity index is 3390. The molecule has 0 aliphatic heterocycles. The van der Waals surface area contributed by atoms with Crippen LogP contribution < -0.4 is 0 Å². The number of para-hydroxylation sites is 1. The van der Waals surface area contributed by atoms with E-state index < -0.39 is 0 Å². The molecular weight excluding hydrogens is 677 g/mol. The third-order valence-corrected chi connectivity index (χ3v) is 12.6. The molecule has 1 aromatic heterocycles. The maximum Gasteiger partial charge on any atom is 0.136 e. The summed E-state index contributed by atoms with van der Waals surface area (Å²) in [4.78, 5) is 0. The lowest BCUT2D eigenvalue weighted by atomic mass is 9.81. The quantitative estimate of drug-likeness (QED) is 0.166. The molecule has 1 aliphatic rings. The zero-order valence-corrected chi connectivity index (χ0v) is 31.2. The molecule has 1 heteroatoms. The SMILES string of the molecule is CC1(C)c2ccc(-c3cccc(-c4c5ccccc5c(-c5ccc6ccccc6c5)c5ccccc45)c3)cc2-c2c1ccc1cc3c(cc21)oc1ccccc13. The summed E-state index contributed by atoms with van der Waals surface area (Å²) in [6.07, 6.45) is 0. The number of benzene rings is 10. The molecule has 0 atom stereocenters. The van der Waals surface area contributed by atoms with Gasteiger partial charge in [0.05, 0.1) is 0 Å². The van der Waals surface area contributed by atoms with Crippen LogP contribution in [0.1, 0.15) is 25.0 Å². The fourth-order valence-corrected chi connectivity index (χ4v) is 9.93. The molecule has 11 aromatic rings. The van der Waals surface area contributed by atoms with Gasteiger partial charge in [0.15, 0.2) is 0 Å². The Hall–Kier alpha value is -6.96. The van der Waals surface area contributed by atoms with E-state index in [-0.39, 0.29) is 5.41 Å². The number of hydrogen-bond donors (Lipinski definition) is 0. The van der Waals surface area contributed by atoms with Crippen molar-refractivity contribution in [1.29, 1.82) is 0 Å². The monoisotopic (exact) mass is 712 g/mol. The molecule has 0 unspecified atom stereocenters. The molecule has 0 amide bonds. The highest BCUT2D eigenvalue weighted by Crippen LogP contribution is 2.53. The van der Waals surface area contributed by atoms with E-state index in [1.807, 2.05) is 6.07 Å². The van der Waals surface area contributed by atoms with Crippen LogP contribution in [0.3, 0.4) is 0 Å². The number of rotatable bonds is 3. The number of fused-ring (bicyclic) bond motifs is 11. The lowest BCUT2D eigenvalue weighted by molar-refractivity contribution is 0.660. The number of furan rings is 1. The van der Waals surface area contributed by atoms with Crippen LogP contribution in [0.15, 0.2) is 186 Å². The third-order valence-electron chi connectivity index (χ3n) is 12.6. The number of hydrogen-bond acceptors (Lipinski definition) is 1. The molecule has 1 heterocycles. The van der Waals surface area contributed by atoms with E-state index in [4.69, 9.17) is 4.42 Å². The summed E-state index contributed by atoms with van der Waals surface area (Å²) in [5.74, 6) is 0. The van der Waals surface area contributed by atoms with Gasteiger partial charge in [0.25, 0.3) is 0 Å². The Balaban J connectivity index is 1.04. The highest BCUT2D eigenvalue weighted by Gasteiger charge is 2.36. The Labute approximate surface area is 325 Å². The molecule has 1 nitrogen and oxygen atoms in total. The summed E-state index contributed by atoms with van der Waals surface area (Å²) in [5.41, 5.74) is 14.6. The maximum absolute atomic E-state index is 6.42. The molecule has 0 bridgehead atoms. The summed E-state index contributed by atoms with van der Waals surface area (Å²) in [6.45, 7) is 4.72. The van der Waals surface area contributed by atoms with Crippen LogP contribution in [0.25, 0.3) is 110 Å². The highest BCUT2D eigenvalue weighted by molar-refractivity contribution is 6.22. The summed E-state index contributed by atoms with van der Waals surface area (Å²) < 4.78 is 6.42. The Morgan fingerprint density at radius 2 is 0.893 bits per heavy atom. The second kappa shape index (κ2) is 11.5. The van der Waals surface area contributed by atoms with Crippen molar-refractivity contribution in [3.8, 4) is 44.5 Å². The second-order valence-corrected chi connectivity index (χ2v) is 16.0.